The fourth-order valence-corrected chi connectivity index (χ4v) is 4.03. The van der Waals surface area contributed by atoms with Gasteiger partial charge in [-0.25, -0.2) is 13.2 Å². The van der Waals surface area contributed by atoms with Crippen LogP contribution in [0.4, 0.5) is 5.69 Å². The van der Waals surface area contributed by atoms with Crippen LogP contribution < -0.4 is 4.72 Å². The third-order valence-corrected chi connectivity index (χ3v) is 5.31. The SMILES string of the molecule is CCOC(=O)c1[nH]c(C)c(S(=O)(=O)Nc2ccc(C(C)=O)cc2)c1C. The van der Waals surface area contributed by atoms with Crippen molar-refractivity contribution in [2.24, 2.45) is 0 Å². The van der Waals surface area contributed by atoms with Gasteiger partial charge in [0.2, 0.25) is 0 Å². The number of aromatic amines is 1. The third-order valence-electron chi connectivity index (χ3n) is 3.66. The molecular formula is C17H20N2O5S. The summed E-state index contributed by atoms with van der Waals surface area (Å²) in [6.07, 6.45) is 0. The van der Waals surface area contributed by atoms with E-state index >= 15 is 0 Å². The molecule has 1 aromatic carbocycles. The molecule has 7 nitrogen and oxygen atoms in total. The number of carbonyl (C=O) groups excluding carboxylic acids is 2. The van der Waals surface area contributed by atoms with Gasteiger partial charge in [0, 0.05) is 22.5 Å². The van der Waals surface area contributed by atoms with Crippen LogP contribution in [0.5, 0.6) is 0 Å². The normalized spacial score (nSPS) is 11.2. The van der Waals surface area contributed by atoms with Gasteiger partial charge in [0.15, 0.2) is 5.78 Å². The molecule has 0 saturated carbocycles. The monoisotopic (exact) mass is 364 g/mol. The minimum atomic E-state index is -3.91. The van der Waals surface area contributed by atoms with Gasteiger partial charge in [-0.05, 0) is 52.0 Å². The van der Waals surface area contributed by atoms with E-state index in [-0.39, 0.29) is 23.0 Å². The Hall–Kier alpha value is -2.61. The minimum absolute atomic E-state index is 0.00574. The van der Waals surface area contributed by atoms with E-state index in [1.807, 2.05) is 0 Å². The van der Waals surface area contributed by atoms with Crippen molar-refractivity contribution in [1.29, 1.82) is 0 Å². The highest BCUT2D eigenvalue weighted by atomic mass is 32.2. The first-order valence-corrected chi connectivity index (χ1v) is 9.15. The lowest BCUT2D eigenvalue weighted by Gasteiger charge is -2.09. The van der Waals surface area contributed by atoms with Crippen LogP contribution in [0.3, 0.4) is 0 Å². The van der Waals surface area contributed by atoms with Crippen LogP contribution in [-0.2, 0) is 14.8 Å². The maximum Gasteiger partial charge on any atom is 0.355 e. The molecule has 2 rings (SSSR count). The largest absolute Gasteiger partial charge is 0.461 e. The number of hydrogen-bond acceptors (Lipinski definition) is 5. The molecule has 0 unspecified atom stereocenters. The van der Waals surface area contributed by atoms with Crippen molar-refractivity contribution in [3.8, 4) is 0 Å². The highest BCUT2D eigenvalue weighted by Crippen LogP contribution is 2.26. The first-order valence-electron chi connectivity index (χ1n) is 7.67. The summed E-state index contributed by atoms with van der Waals surface area (Å²) in [7, 11) is -3.91. The average molecular weight is 364 g/mol. The number of benzene rings is 1. The molecule has 1 aromatic heterocycles. The number of sulfonamides is 1. The lowest BCUT2D eigenvalue weighted by atomic mass is 10.1. The highest BCUT2D eigenvalue weighted by Gasteiger charge is 2.27. The number of H-pyrrole nitrogens is 1. The van der Waals surface area contributed by atoms with E-state index in [2.05, 4.69) is 9.71 Å². The number of aromatic nitrogens is 1. The number of aryl methyl sites for hydroxylation is 1. The standard InChI is InChI=1S/C17H20N2O5S/c1-5-24-17(21)15-10(2)16(11(3)18-15)25(22,23)19-14-8-6-13(7-9-14)12(4)20/h6-9,18-19H,5H2,1-4H3. The zero-order valence-electron chi connectivity index (χ0n) is 14.5. The van der Waals surface area contributed by atoms with E-state index in [1.165, 1.54) is 19.1 Å². The Morgan fingerprint density at radius 2 is 1.76 bits per heavy atom. The fraction of sp³-hybridized carbons (Fsp3) is 0.294. The maximum atomic E-state index is 12.7. The molecule has 0 radical (unpaired) electrons. The number of ketones is 1. The van der Waals surface area contributed by atoms with Gasteiger partial charge in [0.25, 0.3) is 10.0 Å². The lowest BCUT2D eigenvalue weighted by molar-refractivity contribution is 0.0519. The van der Waals surface area contributed by atoms with Crippen LogP contribution in [-0.4, -0.2) is 31.8 Å². The van der Waals surface area contributed by atoms with Crippen LogP contribution in [0.25, 0.3) is 0 Å². The Morgan fingerprint density at radius 1 is 1.16 bits per heavy atom. The van der Waals surface area contributed by atoms with Crippen molar-refractivity contribution in [1.82, 2.24) is 4.98 Å². The molecule has 0 spiro atoms. The van der Waals surface area contributed by atoms with Crippen molar-refractivity contribution in [2.75, 3.05) is 11.3 Å². The summed E-state index contributed by atoms with van der Waals surface area (Å²) in [5.41, 5.74) is 1.56. The molecule has 2 aromatic rings. The van der Waals surface area contributed by atoms with E-state index in [9.17, 15) is 18.0 Å². The van der Waals surface area contributed by atoms with Gasteiger partial charge >= 0.3 is 5.97 Å². The maximum absolute atomic E-state index is 12.7. The number of ether oxygens (including phenoxy) is 1. The second-order valence-corrected chi connectivity index (χ2v) is 7.16. The molecule has 0 fully saturated rings. The molecule has 0 amide bonds. The molecule has 1 heterocycles. The Morgan fingerprint density at radius 3 is 2.28 bits per heavy atom. The van der Waals surface area contributed by atoms with Gasteiger partial charge in [0.05, 0.1) is 6.61 Å². The molecule has 0 bridgehead atoms. The summed E-state index contributed by atoms with van der Waals surface area (Å²) in [5.74, 6) is -0.707. The topological polar surface area (TPSA) is 105 Å². The zero-order chi connectivity index (χ0) is 18.8. The predicted octanol–water partition coefficient (Wildman–Crippen LogP) is 2.81. The molecule has 0 saturated heterocycles. The summed E-state index contributed by atoms with van der Waals surface area (Å²) in [6.45, 7) is 6.42. The van der Waals surface area contributed by atoms with Gasteiger partial charge in [0.1, 0.15) is 10.6 Å². The predicted molar refractivity (Wildman–Crippen MR) is 93.5 cm³/mol. The van der Waals surface area contributed by atoms with Crippen LogP contribution in [0.2, 0.25) is 0 Å². The summed E-state index contributed by atoms with van der Waals surface area (Å²) >= 11 is 0. The summed E-state index contributed by atoms with van der Waals surface area (Å²) in [4.78, 5) is 26.0. The van der Waals surface area contributed by atoms with Gasteiger partial charge < -0.3 is 9.72 Å². The van der Waals surface area contributed by atoms with E-state index in [0.29, 0.717) is 22.5 Å². The Bertz CT molecular complexity index is 911. The average Bonchev–Trinajstić information content (AvgIpc) is 2.83. The van der Waals surface area contributed by atoms with Crippen LogP contribution in [0, 0.1) is 13.8 Å². The molecule has 134 valence electrons. The van der Waals surface area contributed by atoms with E-state index < -0.39 is 16.0 Å². The molecule has 8 heteroatoms. The molecule has 25 heavy (non-hydrogen) atoms. The Kier molecular flexibility index (Phi) is 5.32. The van der Waals surface area contributed by atoms with Gasteiger partial charge in [-0.1, -0.05) is 0 Å². The summed E-state index contributed by atoms with van der Waals surface area (Å²) in [6, 6.07) is 6.11. The van der Waals surface area contributed by atoms with E-state index in [1.54, 1.807) is 32.9 Å². The molecule has 0 aliphatic rings. The quantitative estimate of drug-likeness (QED) is 0.606. The highest BCUT2D eigenvalue weighted by molar-refractivity contribution is 7.92. The first kappa shape index (κ1) is 18.7. The third kappa shape index (κ3) is 3.90. The molecule has 0 aliphatic heterocycles. The summed E-state index contributed by atoms with van der Waals surface area (Å²) in [5, 5.41) is 0. The van der Waals surface area contributed by atoms with Crippen LogP contribution in [0.1, 0.15) is 46.0 Å². The second-order valence-electron chi connectivity index (χ2n) is 5.54. The van der Waals surface area contributed by atoms with E-state index in [0.717, 1.165) is 0 Å². The van der Waals surface area contributed by atoms with Crippen molar-refractivity contribution in [2.45, 2.75) is 32.6 Å². The van der Waals surface area contributed by atoms with Crippen molar-refractivity contribution >= 4 is 27.5 Å². The molecular weight excluding hydrogens is 344 g/mol. The van der Waals surface area contributed by atoms with Crippen molar-refractivity contribution in [3.63, 3.8) is 0 Å². The van der Waals surface area contributed by atoms with E-state index in [4.69, 9.17) is 4.74 Å². The number of rotatable bonds is 6. The minimum Gasteiger partial charge on any atom is -0.461 e. The first-order chi connectivity index (χ1) is 11.7. The fourth-order valence-electron chi connectivity index (χ4n) is 2.52. The van der Waals surface area contributed by atoms with Crippen LogP contribution >= 0.6 is 0 Å². The molecule has 0 atom stereocenters. The van der Waals surface area contributed by atoms with Crippen molar-refractivity contribution in [3.05, 3.63) is 46.8 Å². The van der Waals surface area contributed by atoms with Gasteiger partial charge in [-0.15, -0.1) is 0 Å². The summed E-state index contributed by atoms with van der Waals surface area (Å²) < 4.78 is 32.8. The second kappa shape index (κ2) is 7.10. The number of anilines is 1. The zero-order valence-corrected chi connectivity index (χ0v) is 15.3. The molecule has 2 N–H and O–H groups in total. The smallest absolute Gasteiger partial charge is 0.355 e. The van der Waals surface area contributed by atoms with Crippen molar-refractivity contribution < 1.29 is 22.7 Å². The van der Waals surface area contributed by atoms with Gasteiger partial charge in [-0.3, -0.25) is 9.52 Å². The Labute approximate surface area is 146 Å². The lowest BCUT2D eigenvalue weighted by Crippen LogP contribution is -2.15. The van der Waals surface area contributed by atoms with Gasteiger partial charge in [-0.2, -0.15) is 0 Å². The number of carbonyl (C=O) groups is 2. The number of Topliss-reactive ketones (excluding diaryl/α,β-unsaturated/α-hetero) is 1. The number of hydrogen-bond donors (Lipinski definition) is 2. The number of nitrogens with one attached hydrogen (secondary N) is 2. The number of esters is 1. The van der Waals surface area contributed by atoms with Crippen LogP contribution in [0.15, 0.2) is 29.2 Å². The Balaban J connectivity index is 2.36. The molecule has 0 aliphatic carbocycles.